The van der Waals surface area contributed by atoms with Crippen LogP contribution in [-0.4, -0.2) is 0 Å². The molecule has 0 fully saturated rings. The largest absolute Gasteiger partial charge is 0.0622 e. The van der Waals surface area contributed by atoms with E-state index in [1.165, 1.54) is 76.1 Å². The molecule has 0 aliphatic heterocycles. The lowest BCUT2D eigenvalue weighted by molar-refractivity contribution is 1.67. The lowest BCUT2D eigenvalue weighted by Gasteiger charge is -2.20. The van der Waals surface area contributed by atoms with Gasteiger partial charge >= 0.3 is 0 Å². The van der Waals surface area contributed by atoms with Gasteiger partial charge in [-0.3, -0.25) is 0 Å². The van der Waals surface area contributed by atoms with E-state index in [2.05, 4.69) is 146 Å². The van der Waals surface area contributed by atoms with Gasteiger partial charge in [0.05, 0.1) is 0 Å². The van der Waals surface area contributed by atoms with E-state index in [0.717, 1.165) is 0 Å². The zero-order valence-corrected chi connectivity index (χ0v) is 20.9. The van der Waals surface area contributed by atoms with Crippen molar-refractivity contribution >= 4 is 53.9 Å². The molecule has 0 saturated heterocycles. The molecule has 0 aliphatic carbocycles. The smallest absolute Gasteiger partial charge is 0.00199 e. The van der Waals surface area contributed by atoms with Crippen LogP contribution in [-0.2, 0) is 0 Å². The molecule has 0 unspecified atom stereocenters. The minimum Gasteiger partial charge on any atom is -0.0622 e. The van der Waals surface area contributed by atoms with Gasteiger partial charge in [-0.05, 0) is 82.2 Å². The molecule has 0 atom stereocenters. The summed E-state index contributed by atoms with van der Waals surface area (Å²) in [5.41, 5.74) is 5.15. The summed E-state index contributed by atoms with van der Waals surface area (Å²) in [7, 11) is 0. The lowest BCUT2D eigenvalue weighted by atomic mass is 9.83. The average Bonchev–Trinajstić information content (AvgIpc) is 2.99. The van der Waals surface area contributed by atoms with Crippen LogP contribution >= 0.6 is 0 Å². The summed E-state index contributed by atoms with van der Waals surface area (Å²) in [5, 5.41) is 12.9. The first kappa shape index (κ1) is 21.2. The van der Waals surface area contributed by atoms with Gasteiger partial charge in [-0.1, -0.05) is 140 Å². The molecule has 0 nitrogen and oxygen atoms in total. The third kappa shape index (κ3) is 3.04. The summed E-state index contributed by atoms with van der Waals surface area (Å²) in [6, 6.07) is 53.2. The molecule has 0 saturated carbocycles. The summed E-state index contributed by atoms with van der Waals surface area (Å²) in [6.45, 7) is 0. The molecule has 0 amide bonds. The van der Waals surface area contributed by atoms with Crippen LogP contribution in [0.5, 0.6) is 0 Å². The van der Waals surface area contributed by atoms with Crippen molar-refractivity contribution in [1.82, 2.24) is 0 Å². The van der Waals surface area contributed by atoms with E-state index >= 15 is 0 Å². The Morgan fingerprint density at radius 3 is 1.42 bits per heavy atom. The molecule has 0 N–H and O–H groups in total. The predicted molar refractivity (Wildman–Crippen MR) is 165 cm³/mol. The number of rotatable bonds is 2. The highest BCUT2D eigenvalue weighted by Crippen LogP contribution is 2.47. The Bertz CT molecular complexity index is 2110. The molecule has 176 valence electrons. The van der Waals surface area contributed by atoms with E-state index in [9.17, 15) is 0 Å². The second kappa shape index (κ2) is 8.30. The minimum atomic E-state index is 1.25. The zero-order valence-electron chi connectivity index (χ0n) is 20.9. The highest BCUT2D eigenvalue weighted by molar-refractivity contribution is 6.28. The van der Waals surface area contributed by atoms with Gasteiger partial charge in [-0.15, -0.1) is 0 Å². The standard InChI is InChI=1S/C38H24/c1-2-13-26(14-3-1)36-31-18-8-10-20-33(31)38(34-21-11-9-19-32(34)36)35-24-27-23-22-25-12-4-5-15-28(25)37(27)30-17-7-6-16-29(30)35/h1-24H. The number of benzene rings is 8. The van der Waals surface area contributed by atoms with Crippen LogP contribution in [0.1, 0.15) is 0 Å². The summed E-state index contributed by atoms with van der Waals surface area (Å²) < 4.78 is 0. The molecular weight excluding hydrogens is 456 g/mol. The molecule has 8 rings (SSSR count). The Balaban J connectivity index is 1.59. The monoisotopic (exact) mass is 480 g/mol. The Labute approximate surface area is 221 Å². The lowest BCUT2D eigenvalue weighted by Crippen LogP contribution is -1.92. The summed E-state index contributed by atoms with van der Waals surface area (Å²) >= 11 is 0. The van der Waals surface area contributed by atoms with Gasteiger partial charge in [-0.2, -0.15) is 0 Å². The molecule has 0 heterocycles. The van der Waals surface area contributed by atoms with Crippen molar-refractivity contribution in [3.63, 3.8) is 0 Å². The van der Waals surface area contributed by atoms with Crippen LogP contribution in [0.2, 0.25) is 0 Å². The molecule has 8 aromatic rings. The SMILES string of the molecule is c1ccc(-c2c3ccccc3c(-c3cc4ccc5ccccc5c4c4ccccc34)c3ccccc23)cc1. The third-order valence-corrected chi connectivity index (χ3v) is 8.01. The number of hydrogen-bond acceptors (Lipinski definition) is 0. The maximum atomic E-state index is 2.42. The Morgan fingerprint density at radius 1 is 0.289 bits per heavy atom. The molecular formula is C38H24. The van der Waals surface area contributed by atoms with Gasteiger partial charge in [0, 0.05) is 0 Å². The van der Waals surface area contributed by atoms with Crippen LogP contribution in [0.3, 0.4) is 0 Å². The van der Waals surface area contributed by atoms with Gasteiger partial charge in [0.25, 0.3) is 0 Å². The molecule has 0 heteroatoms. The first-order valence-electron chi connectivity index (χ1n) is 13.2. The van der Waals surface area contributed by atoms with Crippen molar-refractivity contribution < 1.29 is 0 Å². The molecule has 8 aromatic carbocycles. The third-order valence-electron chi connectivity index (χ3n) is 8.01. The zero-order chi connectivity index (χ0) is 25.1. The van der Waals surface area contributed by atoms with Crippen LogP contribution in [0.15, 0.2) is 146 Å². The second-order valence-corrected chi connectivity index (χ2v) is 10.1. The quantitative estimate of drug-likeness (QED) is 0.170. The van der Waals surface area contributed by atoms with Gasteiger partial charge in [0.15, 0.2) is 0 Å². The minimum absolute atomic E-state index is 1.25. The Morgan fingerprint density at radius 2 is 0.763 bits per heavy atom. The summed E-state index contributed by atoms with van der Waals surface area (Å²) in [4.78, 5) is 0. The van der Waals surface area contributed by atoms with Crippen molar-refractivity contribution in [3.8, 4) is 22.3 Å². The first-order valence-corrected chi connectivity index (χ1v) is 13.2. The summed E-state index contributed by atoms with van der Waals surface area (Å²) in [5.74, 6) is 0. The molecule has 38 heavy (non-hydrogen) atoms. The van der Waals surface area contributed by atoms with Gasteiger partial charge < -0.3 is 0 Å². The number of fused-ring (bicyclic) bond motifs is 7. The summed E-state index contributed by atoms with van der Waals surface area (Å²) in [6.07, 6.45) is 0. The van der Waals surface area contributed by atoms with Crippen LogP contribution in [0, 0.1) is 0 Å². The van der Waals surface area contributed by atoms with E-state index in [0.29, 0.717) is 0 Å². The first-order chi connectivity index (χ1) is 18.9. The highest BCUT2D eigenvalue weighted by Gasteiger charge is 2.19. The van der Waals surface area contributed by atoms with Crippen molar-refractivity contribution in [3.05, 3.63) is 146 Å². The molecule has 0 radical (unpaired) electrons. The fraction of sp³-hybridized carbons (Fsp3) is 0. The van der Waals surface area contributed by atoms with E-state index in [4.69, 9.17) is 0 Å². The maximum Gasteiger partial charge on any atom is -0.00199 e. The Kier molecular flexibility index (Phi) is 4.62. The van der Waals surface area contributed by atoms with Crippen molar-refractivity contribution in [2.75, 3.05) is 0 Å². The van der Waals surface area contributed by atoms with Crippen molar-refractivity contribution in [1.29, 1.82) is 0 Å². The topological polar surface area (TPSA) is 0 Å². The normalized spacial score (nSPS) is 11.7. The molecule has 0 bridgehead atoms. The van der Waals surface area contributed by atoms with Gasteiger partial charge in [0.2, 0.25) is 0 Å². The maximum absolute atomic E-state index is 2.42. The van der Waals surface area contributed by atoms with Crippen molar-refractivity contribution in [2.45, 2.75) is 0 Å². The van der Waals surface area contributed by atoms with Crippen LogP contribution in [0.25, 0.3) is 76.1 Å². The second-order valence-electron chi connectivity index (χ2n) is 10.1. The molecule has 0 spiro atoms. The van der Waals surface area contributed by atoms with Crippen molar-refractivity contribution in [2.24, 2.45) is 0 Å². The van der Waals surface area contributed by atoms with E-state index in [-0.39, 0.29) is 0 Å². The van der Waals surface area contributed by atoms with Crippen LogP contribution < -0.4 is 0 Å². The average molecular weight is 481 g/mol. The van der Waals surface area contributed by atoms with Gasteiger partial charge in [-0.25, -0.2) is 0 Å². The highest BCUT2D eigenvalue weighted by atomic mass is 14.2. The fourth-order valence-electron chi connectivity index (χ4n) is 6.42. The number of hydrogen-bond donors (Lipinski definition) is 0. The van der Waals surface area contributed by atoms with E-state index in [1.54, 1.807) is 0 Å². The molecule has 0 aliphatic rings. The van der Waals surface area contributed by atoms with E-state index < -0.39 is 0 Å². The molecule has 0 aromatic heterocycles. The Hall–Kier alpha value is -4.94. The predicted octanol–water partition coefficient (Wildman–Crippen LogP) is 10.8. The van der Waals surface area contributed by atoms with E-state index in [1.807, 2.05) is 0 Å². The van der Waals surface area contributed by atoms with Crippen LogP contribution in [0.4, 0.5) is 0 Å². The van der Waals surface area contributed by atoms with Gasteiger partial charge in [0.1, 0.15) is 0 Å². The fourth-order valence-corrected chi connectivity index (χ4v) is 6.42.